The van der Waals surface area contributed by atoms with Crippen LogP contribution in [0.5, 0.6) is 5.75 Å². The molecule has 0 aliphatic carbocycles. The number of hydrogen-bond donors (Lipinski definition) is 0. The zero-order valence-electron chi connectivity index (χ0n) is 11.2. The molecule has 1 aromatic rings. The lowest BCUT2D eigenvalue weighted by atomic mass is 10.2. The van der Waals surface area contributed by atoms with Gasteiger partial charge in [-0.2, -0.15) is 0 Å². The van der Waals surface area contributed by atoms with E-state index in [1.54, 1.807) is 0 Å². The molecule has 1 fully saturated rings. The van der Waals surface area contributed by atoms with E-state index in [4.69, 9.17) is 4.74 Å². The predicted molar refractivity (Wildman–Crippen MR) is 78.1 cm³/mol. The van der Waals surface area contributed by atoms with Crippen LogP contribution < -0.4 is 4.74 Å². The van der Waals surface area contributed by atoms with Crippen LogP contribution in [0.3, 0.4) is 0 Å². The molecule has 18 heavy (non-hydrogen) atoms. The zero-order valence-corrected chi connectivity index (χ0v) is 12.7. The van der Waals surface area contributed by atoms with Crippen LogP contribution in [-0.4, -0.2) is 49.6 Å². The number of benzene rings is 1. The van der Waals surface area contributed by atoms with E-state index in [9.17, 15) is 0 Å². The summed E-state index contributed by atoms with van der Waals surface area (Å²) in [6.07, 6.45) is 0. The lowest BCUT2D eigenvalue weighted by Gasteiger charge is -2.32. The summed E-state index contributed by atoms with van der Waals surface area (Å²) >= 11 is 3.66. The second-order valence-corrected chi connectivity index (χ2v) is 5.53. The number of likely N-dealkylation sites (N-methyl/N-ethyl adjacent to an activating group) is 1. The first-order chi connectivity index (χ1) is 8.70. The minimum absolute atomic E-state index is 0.705. The first kappa shape index (κ1) is 13.8. The summed E-state index contributed by atoms with van der Waals surface area (Å²) in [4.78, 5) is 4.87. The quantitative estimate of drug-likeness (QED) is 0.850. The Morgan fingerprint density at radius 2 is 1.94 bits per heavy atom. The van der Waals surface area contributed by atoms with Gasteiger partial charge in [-0.1, -0.05) is 12.1 Å². The Kier molecular flexibility index (Phi) is 5.03. The second-order valence-electron chi connectivity index (χ2n) is 4.74. The van der Waals surface area contributed by atoms with Gasteiger partial charge < -0.3 is 9.64 Å². The Labute approximate surface area is 118 Å². The summed E-state index contributed by atoms with van der Waals surface area (Å²) in [7, 11) is 2.18. The number of hydrogen-bond acceptors (Lipinski definition) is 3. The summed E-state index contributed by atoms with van der Waals surface area (Å²) in [5.74, 6) is 0.948. The van der Waals surface area contributed by atoms with Gasteiger partial charge in [0.25, 0.3) is 0 Å². The van der Waals surface area contributed by atoms with Crippen molar-refractivity contribution in [1.29, 1.82) is 0 Å². The van der Waals surface area contributed by atoms with E-state index in [2.05, 4.69) is 44.9 Å². The standard InChI is InChI=1S/C14H21BrN2O/c1-3-18-13-6-4-5-12(14(13)15)11-17-9-7-16(2)8-10-17/h4-6H,3,7-11H2,1-2H3. The van der Waals surface area contributed by atoms with Crippen LogP contribution in [0.1, 0.15) is 12.5 Å². The van der Waals surface area contributed by atoms with E-state index in [0.29, 0.717) is 6.61 Å². The largest absolute Gasteiger partial charge is 0.493 e. The molecule has 1 aromatic carbocycles. The molecule has 1 saturated heterocycles. The van der Waals surface area contributed by atoms with Crippen LogP contribution in [0.4, 0.5) is 0 Å². The number of nitrogens with zero attached hydrogens (tertiary/aromatic N) is 2. The number of rotatable bonds is 4. The highest BCUT2D eigenvalue weighted by molar-refractivity contribution is 9.10. The van der Waals surface area contributed by atoms with Gasteiger partial charge in [-0.3, -0.25) is 4.90 Å². The third-order valence-electron chi connectivity index (χ3n) is 3.33. The summed E-state index contributed by atoms with van der Waals surface area (Å²) in [6.45, 7) is 8.31. The smallest absolute Gasteiger partial charge is 0.133 e. The van der Waals surface area contributed by atoms with E-state index >= 15 is 0 Å². The third-order valence-corrected chi connectivity index (χ3v) is 4.23. The minimum Gasteiger partial charge on any atom is -0.493 e. The number of ether oxygens (including phenoxy) is 1. The Morgan fingerprint density at radius 1 is 1.22 bits per heavy atom. The molecule has 0 spiro atoms. The van der Waals surface area contributed by atoms with Crippen LogP contribution in [-0.2, 0) is 6.54 Å². The van der Waals surface area contributed by atoms with Gasteiger partial charge >= 0.3 is 0 Å². The molecule has 0 amide bonds. The van der Waals surface area contributed by atoms with Crippen LogP contribution >= 0.6 is 15.9 Å². The van der Waals surface area contributed by atoms with E-state index in [-0.39, 0.29) is 0 Å². The molecule has 4 heteroatoms. The summed E-state index contributed by atoms with van der Waals surface area (Å²) < 4.78 is 6.71. The average Bonchev–Trinajstić information content (AvgIpc) is 2.37. The third kappa shape index (κ3) is 3.46. The minimum atomic E-state index is 0.705. The Balaban J connectivity index is 2.02. The SMILES string of the molecule is CCOc1cccc(CN2CCN(C)CC2)c1Br. The molecule has 1 aliphatic rings. The fraction of sp³-hybridized carbons (Fsp3) is 0.571. The fourth-order valence-electron chi connectivity index (χ4n) is 2.19. The predicted octanol–water partition coefficient (Wildman–Crippen LogP) is 2.60. The Bertz CT molecular complexity index is 389. The molecule has 0 bridgehead atoms. The summed E-state index contributed by atoms with van der Waals surface area (Å²) in [5, 5.41) is 0. The highest BCUT2D eigenvalue weighted by Gasteiger charge is 2.15. The van der Waals surface area contributed by atoms with Crippen molar-refractivity contribution in [3.05, 3.63) is 28.2 Å². The van der Waals surface area contributed by atoms with Crippen molar-refractivity contribution in [1.82, 2.24) is 9.80 Å². The molecule has 1 aliphatic heterocycles. The van der Waals surface area contributed by atoms with Crippen molar-refractivity contribution in [2.75, 3.05) is 39.8 Å². The van der Waals surface area contributed by atoms with Gasteiger partial charge in [-0.25, -0.2) is 0 Å². The van der Waals surface area contributed by atoms with Crippen LogP contribution in [0, 0.1) is 0 Å². The fourth-order valence-corrected chi connectivity index (χ4v) is 2.70. The molecule has 3 nitrogen and oxygen atoms in total. The molecule has 0 saturated carbocycles. The van der Waals surface area contributed by atoms with Crippen molar-refractivity contribution >= 4 is 15.9 Å². The first-order valence-corrected chi connectivity index (χ1v) is 7.31. The van der Waals surface area contributed by atoms with E-state index in [0.717, 1.165) is 42.9 Å². The lowest BCUT2D eigenvalue weighted by molar-refractivity contribution is 0.148. The van der Waals surface area contributed by atoms with E-state index < -0.39 is 0 Å². The highest BCUT2D eigenvalue weighted by Crippen LogP contribution is 2.29. The maximum absolute atomic E-state index is 5.61. The van der Waals surface area contributed by atoms with Crippen molar-refractivity contribution < 1.29 is 4.74 Å². The summed E-state index contributed by atoms with van der Waals surface area (Å²) in [5.41, 5.74) is 1.31. The second kappa shape index (κ2) is 6.55. The molecule has 0 aromatic heterocycles. The number of halogens is 1. The van der Waals surface area contributed by atoms with Gasteiger partial charge in [0, 0.05) is 32.7 Å². The molecule has 0 radical (unpaired) electrons. The molecule has 1 heterocycles. The molecule has 2 rings (SSSR count). The van der Waals surface area contributed by atoms with Gasteiger partial charge in [0.1, 0.15) is 5.75 Å². The molecular weight excluding hydrogens is 292 g/mol. The van der Waals surface area contributed by atoms with Crippen LogP contribution in [0.15, 0.2) is 22.7 Å². The Morgan fingerprint density at radius 3 is 2.61 bits per heavy atom. The maximum atomic E-state index is 5.61. The molecule has 0 unspecified atom stereocenters. The van der Waals surface area contributed by atoms with Crippen molar-refractivity contribution in [2.45, 2.75) is 13.5 Å². The molecule has 100 valence electrons. The molecular formula is C14H21BrN2O. The number of piperazine rings is 1. The summed E-state index contributed by atoms with van der Waals surface area (Å²) in [6, 6.07) is 6.26. The van der Waals surface area contributed by atoms with Crippen molar-refractivity contribution in [2.24, 2.45) is 0 Å². The maximum Gasteiger partial charge on any atom is 0.133 e. The zero-order chi connectivity index (χ0) is 13.0. The van der Waals surface area contributed by atoms with Gasteiger partial charge in [0.15, 0.2) is 0 Å². The Hall–Kier alpha value is -0.580. The topological polar surface area (TPSA) is 15.7 Å². The van der Waals surface area contributed by atoms with Crippen LogP contribution in [0.25, 0.3) is 0 Å². The van der Waals surface area contributed by atoms with E-state index in [1.165, 1.54) is 5.56 Å². The highest BCUT2D eigenvalue weighted by atomic mass is 79.9. The van der Waals surface area contributed by atoms with Gasteiger partial charge in [0.05, 0.1) is 11.1 Å². The lowest BCUT2D eigenvalue weighted by Crippen LogP contribution is -2.43. The normalized spacial score (nSPS) is 17.9. The first-order valence-electron chi connectivity index (χ1n) is 6.51. The van der Waals surface area contributed by atoms with Crippen molar-refractivity contribution in [3.63, 3.8) is 0 Å². The van der Waals surface area contributed by atoms with E-state index in [1.807, 2.05) is 13.0 Å². The molecule has 0 N–H and O–H groups in total. The average molecular weight is 313 g/mol. The van der Waals surface area contributed by atoms with Crippen LogP contribution in [0.2, 0.25) is 0 Å². The van der Waals surface area contributed by atoms with Crippen molar-refractivity contribution in [3.8, 4) is 5.75 Å². The van der Waals surface area contributed by atoms with Gasteiger partial charge in [-0.05, 0) is 41.5 Å². The monoisotopic (exact) mass is 312 g/mol. The molecule has 0 atom stereocenters. The van der Waals surface area contributed by atoms with Gasteiger partial charge in [-0.15, -0.1) is 0 Å². The van der Waals surface area contributed by atoms with Gasteiger partial charge in [0.2, 0.25) is 0 Å².